The minimum absolute atomic E-state index is 0.0406. The van der Waals surface area contributed by atoms with Crippen LogP contribution in [-0.4, -0.2) is 54.3 Å². The normalized spacial score (nSPS) is 18.1. The van der Waals surface area contributed by atoms with Crippen molar-refractivity contribution in [3.63, 3.8) is 0 Å². The predicted octanol–water partition coefficient (Wildman–Crippen LogP) is 1.38. The molecule has 6 heteroatoms. The zero-order valence-corrected chi connectivity index (χ0v) is 12.9. The fourth-order valence-electron chi connectivity index (χ4n) is 2.38. The van der Waals surface area contributed by atoms with Crippen LogP contribution in [0.2, 0.25) is 0 Å². The zero-order chi connectivity index (χ0) is 16.1. The molecule has 1 aliphatic rings. The van der Waals surface area contributed by atoms with Gasteiger partial charge in [0.15, 0.2) is 6.04 Å². The van der Waals surface area contributed by atoms with Crippen LogP contribution in [0.3, 0.4) is 0 Å². The molecule has 0 spiro atoms. The van der Waals surface area contributed by atoms with Gasteiger partial charge in [-0.1, -0.05) is 12.1 Å². The van der Waals surface area contributed by atoms with E-state index in [2.05, 4.69) is 0 Å². The standard InChI is InChI=1S/C16H21NO5/c1-11-4-3-5-14(12(11)2)22-8-6-15(18)17-7-9-21-10-13(17)16(19)20/h3-5,13H,6-10H2,1-2H3,(H,19,20)/t13-/m1/s1. The van der Waals surface area contributed by atoms with Crippen molar-refractivity contribution in [2.45, 2.75) is 26.3 Å². The van der Waals surface area contributed by atoms with Gasteiger partial charge in [-0.15, -0.1) is 0 Å². The summed E-state index contributed by atoms with van der Waals surface area (Å²) in [4.78, 5) is 24.7. The first-order chi connectivity index (χ1) is 10.5. The minimum atomic E-state index is -1.04. The summed E-state index contributed by atoms with van der Waals surface area (Å²) in [7, 11) is 0. The van der Waals surface area contributed by atoms with Gasteiger partial charge in [-0.25, -0.2) is 4.79 Å². The molecule has 6 nitrogen and oxygen atoms in total. The van der Waals surface area contributed by atoms with Gasteiger partial charge in [0.2, 0.25) is 5.91 Å². The molecule has 0 aliphatic carbocycles. The molecule has 1 atom stereocenters. The first kappa shape index (κ1) is 16.3. The monoisotopic (exact) mass is 307 g/mol. The molecule has 1 saturated heterocycles. The molecule has 120 valence electrons. The lowest BCUT2D eigenvalue weighted by molar-refractivity contribution is -0.158. The highest BCUT2D eigenvalue weighted by atomic mass is 16.5. The van der Waals surface area contributed by atoms with E-state index in [1.165, 1.54) is 4.90 Å². The molecule has 22 heavy (non-hydrogen) atoms. The van der Waals surface area contributed by atoms with E-state index in [0.29, 0.717) is 13.2 Å². The number of carboxylic acid groups (broad SMARTS) is 1. The minimum Gasteiger partial charge on any atom is -0.493 e. The topological polar surface area (TPSA) is 76.1 Å². The second-order valence-electron chi connectivity index (χ2n) is 5.31. The van der Waals surface area contributed by atoms with E-state index in [1.807, 2.05) is 32.0 Å². The van der Waals surface area contributed by atoms with Crippen LogP contribution in [0.15, 0.2) is 18.2 Å². The molecule has 1 aromatic carbocycles. The Kier molecular flexibility index (Phi) is 5.38. The average Bonchev–Trinajstić information content (AvgIpc) is 2.51. The van der Waals surface area contributed by atoms with Crippen LogP contribution in [0.25, 0.3) is 0 Å². The van der Waals surface area contributed by atoms with Crippen molar-refractivity contribution in [3.8, 4) is 5.75 Å². The molecule has 0 saturated carbocycles. The smallest absolute Gasteiger partial charge is 0.328 e. The number of hydrogen-bond donors (Lipinski definition) is 1. The van der Waals surface area contributed by atoms with Crippen LogP contribution in [0.4, 0.5) is 0 Å². The maximum Gasteiger partial charge on any atom is 0.328 e. The number of amides is 1. The Morgan fingerprint density at radius 3 is 2.91 bits per heavy atom. The van der Waals surface area contributed by atoms with Gasteiger partial charge >= 0.3 is 5.97 Å². The first-order valence-electron chi connectivity index (χ1n) is 7.29. The number of nitrogens with zero attached hydrogens (tertiary/aromatic N) is 1. The van der Waals surface area contributed by atoms with Gasteiger partial charge in [0.1, 0.15) is 5.75 Å². The van der Waals surface area contributed by atoms with Crippen LogP contribution in [0, 0.1) is 13.8 Å². The Labute approximate surface area is 129 Å². The average molecular weight is 307 g/mol. The highest BCUT2D eigenvalue weighted by molar-refractivity contribution is 5.84. The summed E-state index contributed by atoms with van der Waals surface area (Å²) < 4.78 is 10.8. The maximum atomic E-state index is 12.2. The third-order valence-corrected chi connectivity index (χ3v) is 3.86. The van der Waals surface area contributed by atoms with Crippen LogP contribution >= 0.6 is 0 Å². The second-order valence-corrected chi connectivity index (χ2v) is 5.31. The lowest BCUT2D eigenvalue weighted by atomic mass is 10.1. The van der Waals surface area contributed by atoms with E-state index in [0.717, 1.165) is 16.9 Å². The Hall–Kier alpha value is -2.08. The molecule has 1 heterocycles. The Morgan fingerprint density at radius 1 is 1.41 bits per heavy atom. The third kappa shape index (κ3) is 3.76. The van der Waals surface area contributed by atoms with Crippen LogP contribution in [0.1, 0.15) is 17.5 Å². The molecule has 0 bridgehead atoms. The van der Waals surface area contributed by atoms with Crippen molar-refractivity contribution < 1.29 is 24.2 Å². The number of aryl methyl sites for hydroxylation is 1. The molecule has 2 rings (SSSR count). The Morgan fingerprint density at radius 2 is 2.18 bits per heavy atom. The van der Waals surface area contributed by atoms with E-state index < -0.39 is 12.0 Å². The van der Waals surface area contributed by atoms with Crippen molar-refractivity contribution >= 4 is 11.9 Å². The van der Waals surface area contributed by atoms with Crippen molar-refractivity contribution in [2.75, 3.05) is 26.4 Å². The number of benzene rings is 1. The van der Waals surface area contributed by atoms with Crippen LogP contribution in [-0.2, 0) is 14.3 Å². The number of rotatable bonds is 5. The molecular formula is C16H21NO5. The number of hydrogen-bond acceptors (Lipinski definition) is 4. The molecular weight excluding hydrogens is 286 g/mol. The summed E-state index contributed by atoms with van der Waals surface area (Å²) in [6.45, 7) is 4.91. The van der Waals surface area contributed by atoms with E-state index in [9.17, 15) is 9.59 Å². The summed E-state index contributed by atoms with van der Waals surface area (Å²) in [6, 6.07) is 4.86. The van der Waals surface area contributed by atoms with E-state index >= 15 is 0 Å². The quantitative estimate of drug-likeness (QED) is 0.889. The lowest BCUT2D eigenvalue weighted by Crippen LogP contribution is -2.52. The van der Waals surface area contributed by atoms with Gasteiger partial charge in [0, 0.05) is 6.54 Å². The van der Waals surface area contributed by atoms with Crippen LogP contribution < -0.4 is 4.74 Å². The van der Waals surface area contributed by atoms with Gasteiger partial charge < -0.3 is 19.5 Å². The summed E-state index contributed by atoms with van der Waals surface area (Å²) in [5, 5.41) is 9.12. The SMILES string of the molecule is Cc1cccc(OCCC(=O)N2CCOC[C@@H]2C(=O)O)c1C. The number of ether oxygens (including phenoxy) is 2. The van der Waals surface area contributed by atoms with Gasteiger partial charge in [0.05, 0.1) is 26.2 Å². The van der Waals surface area contributed by atoms with Crippen molar-refractivity contribution in [2.24, 2.45) is 0 Å². The summed E-state index contributed by atoms with van der Waals surface area (Å²) in [5.41, 5.74) is 2.17. The molecule has 0 aromatic heterocycles. The summed E-state index contributed by atoms with van der Waals surface area (Å²) in [5.74, 6) is -0.505. The first-order valence-corrected chi connectivity index (χ1v) is 7.29. The fourth-order valence-corrected chi connectivity index (χ4v) is 2.38. The Balaban J connectivity index is 1.89. The van der Waals surface area contributed by atoms with E-state index in [1.54, 1.807) is 0 Å². The molecule has 1 fully saturated rings. The molecule has 0 radical (unpaired) electrons. The highest BCUT2D eigenvalue weighted by Crippen LogP contribution is 2.20. The number of carboxylic acids is 1. The van der Waals surface area contributed by atoms with Gasteiger partial charge in [-0.05, 0) is 31.0 Å². The van der Waals surface area contributed by atoms with Crippen molar-refractivity contribution in [3.05, 3.63) is 29.3 Å². The van der Waals surface area contributed by atoms with Gasteiger partial charge in [-0.3, -0.25) is 4.79 Å². The van der Waals surface area contributed by atoms with E-state index in [4.69, 9.17) is 14.6 Å². The highest BCUT2D eigenvalue weighted by Gasteiger charge is 2.32. The molecule has 1 aliphatic heterocycles. The molecule has 1 aromatic rings. The van der Waals surface area contributed by atoms with E-state index in [-0.39, 0.29) is 25.5 Å². The number of carbonyl (C=O) groups is 2. The summed E-state index contributed by atoms with van der Waals surface area (Å²) >= 11 is 0. The molecule has 1 N–H and O–H groups in total. The zero-order valence-electron chi connectivity index (χ0n) is 12.9. The maximum absolute atomic E-state index is 12.2. The second kappa shape index (κ2) is 7.26. The molecule has 1 amide bonds. The number of carbonyl (C=O) groups excluding carboxylic acids is 1. The number of aliphatic carboxylic acids is 1. The summed E-state index contributed by atoms with van der Waals surface area (Å²) in [6.07, 6.45) is 0.150. The third-order valence-electron chi connectivity index (χ3n) is 3.86. The lowest BCUT2D eigenvalue weighted by Gasteiger charge is -2.32. The number of morpholine rings is 1. The largest absolute Gasteiger partial charge is 0.493 e. The van der Waals surface area contributed by atoms with Crippen molar-refractivity contribution in [1.82, 2.24) is 4.90 Å². The van der Waals surface area contributed by atoms with Crippen molar-refractivity contribution in [1.29, 1.82) is 0 Å². The predicted molar refractivity (Wildman–Crippen MR) is 80.0 cm³/mol. The molecule has 0 unspecified atom stereocenters. The fraction of sp³-hybridized carbons (Fsp3) is 0.500. The van der Waals surface area contributed by atoms with Crippen LogP contribution in [0.5, 0.6) is 5.75 Å². The Bertz CT molecular complexity index is 557. The van der Waals surface area contributed by atoms with Gasteiger partial charge in [-0.2, -0.15) is 0 Å². The van der Waals surface area contributed by atoms with Gasteiger partial charge in [0.25, 0.3) is 0 Å².